The van der Waals surface area contributed by atoms with Crippen molar-refractivity contribution in [3.8, 4) is 0 Å². The zero-order valence-corrected chi connectivity index (χ0v) is 19.6. The monoisotopic (exact) mass is 458 g/mol. The number of rotatable bonds is 5. The van der Waals surface area contributed by atoms with Crippen molar-refractivity contribution in [3.05, 3.63) is 63.5 Å². The predicted octanol–water partition coefficient (Wildman–Crippen LogP) is 3.62. The zero-order chi connectivity index (χ0) is 23.4. The van der Waals surface area contributed by atoms with Crippen LogP contribution < -0.4 is 5.32 Å². The van der Waals surface area contributed by atoms with Crippen LogP contribution in [0.4, 0.5) is 0 Å². The van der Waals surface area contributed by atoms with Gasteiger partial charge in [-0.15, -0.1) is 0 Å². The molecule has 1 aromatic carbocycles. The number of benzene rings is 1. The van der Waals surface area contributed by atoms with Crippen molar-refractivity contribution in [1.29, 1.82) is 0 Å². The Morgan fingerprint density at radius 2 is 1.94 bits per heavy atom. The fourth-order valence-electron chi connectivity index (χ4n) is 4.59. The van der Waals surface area contributed by atoms with Crippen LogP contribution in [0.2, 0.25) is 0 Å². The summed E-state index contributed by atoms with van der Waals surface area (Å²) in [6, 6.07) is 6.74. The van der Waals surface area contributed by atoms with Crippen molar-refractivity contribution in [2.24, 2.45) is 7.05 Å². The van der Waals surface area contributed by atoms with Crippen LogP contribution >= 0.6 is 11.6 Å². The average molecular weight is 459 g/mol. The third-order valence-corrected chi connectivity index (χ3v) is 7.43. The number of nitrogens with one attached hydrogen (secondary N) is 1. The fraction of sp³-hybridized carbons (Fsp3) is 0.417. The van der Waals surface area contributed by atoms with E-state index >= 15 is 0 Å². The molecule has 1 aliphatic heterocycles. The molecule has 1 fully saturated rings. The second-order valence-corrected chi connectivity index (χ2v) is 9.24. The lowest BCUT2D eigenvalue weighted by molar-refractivity contribution is -0.0737. The Hall–Kier alpha value is -2.61. The van der Waals surface area contributed by atoms with E-state index < -0.39 is 17.1 Å². The molecule has 0 radical (unpaired) electrons. The molecule has 1 saturated heterocycles. The Bertz CT molecular complexity index is 1160. The molecule has 0 bridgehead atoms. The lowest BCUT2D eigenvalue weighted by Crippen LogP contribution is -2.59. The van der Waals surface area contributed by atoms with E-state index in [0.717, 1.165) is 28.0 Å². The van der Waals surface area contributed by atoms with Crippen molar-refractivity contribution in [2.75, 3.05) is 20.3 Å². The Kier molecular flexibility index (Phi) is 5.48. The van der Waals surface area contributed by atoms with Crippen LogP contribution in [0.5, 0.6) is 0 Å². The number of carbonyl (C=O) groups is 2. The average Bonchev–Trinajstić information content (AvgIpc) is 3.05. The third kappa shape index (κ3) is 3.36. The van der Waals surface area contributed by atoms with Crippen LogP contribution in [0.3, 0.4) is 0 Å². The number of hydrogen-bond acceptors (Lipinski definition) is 4. The van der Waals surface area contributed by atoms with Gasteiger partial charge in [0.2, 0.25) is 0 Å². The molecule has 2 aliphatic rings. The summed E-state index contributed by atoms with van der Waals surface area (Å²) in [6.45, 7) is 6.42. The number of hydrogen-bond donors (Lipinski definition) is 2. The van der Waals surface area contributed by atoms with E-state index in [2.05, 4.69) is 5.32 Å². The van der Waals surface area contributed by atoms with Gasteiger partial charge in [-0.25, -0.2) is 4.79 Å². The SMILES string of the molecule is COC1(C)Cc2c(cc(C(=O)NC3(c4ccc(C(=O)O)cc4C)COC3)n2C)C(Cl)=C1C. The molecule has 8 heteroatoms. The number of amides is 1. The zero-order valence-electron chi connectivity index (χ0n) is 18.8. The summed E-state index contributed by atoms with van der Waals surface area (Å²) in [4.78, 5) is 24.7. The lowest BCUT2D eigenvalue weighted by atomic mass is 9.84. The minimum atomic E-state index is -0.986. The Labute approximate surface area is 192 Å². The number of fused-ring (bicyclic) bond motifs is 1. The number of ether oxygens (including phenoxy) is 2. The Balaban J connectivity index is 1.68. The van der Waals surface area contributed by atoms with Crippen molar-refractivity contribution >= 4 is 28.5 Å². The van der Waals surface area contributed by atoms with Gasteiger partial charge in [-0.3, -0.25) is 4.79 Å². The van der Waals surface area contributed by atoms with Crippen LogP contribution in [0.15, 0.2) is 29.8 Å². The molecule has 1 aliphatic carbocycles. The molecule has 0 spiro atoms. The highest BCUT2D eigenvalue weighted by atomic mass is 35.5. The second kappa shape index (κ2) is 7.76. The first-order valence-corrected chi connectivity index (χ1v) is 10.8. The van der Waals surface area contributed by atoms with E-state index in [4.69, 9.17) is 21.1 Å². The van der Waals surface area contributed by atoms with Crippen molar-refractivity contribution in [3.63, 3.8) is 0 Å². The molecule has 1 amide bonds. The third-order valence-electron chi connectivity index (χ3n) is 6.94. The van der Waals surface area contributed by atoms with Crippen LogP contribution in [-0.4, -0.2) is 47.5 Å². The fourth-order valence-corrected chi connectivity index (χ4v) is 4.96. The molecule has 1 atom stereocenters. The van der Waals surface area contributed by atoms with Gasteiger partial charge in [0, 0.05) is 31.8 Å². The highest BCUT2D eigenvalue weighted by Crippen LogP contribution is 2.42. The van der Waals surface area contributed by atoms with Crippen LogP contribution in [0, 0.1) is 6.92 Å². The van der Waals surface area contributed by atoms with Gasteiger partial charge in [0.15, 0.2) is 0 Å². The van der Waals surface area contributed by atoms with Gasteiger partial charge in [-0.05, 0) is 55.7 Å². The summed E-state index contributed by atoms with van der Waals surface area (Å²) in [5, 5.41) is 13.0. The summed E-state index contributed by atoms with van der Waals surface area (Å²) in [5.74, 6) is -1.23. The van der Waals surface area contributed by atoms with Gasteiger partial charge in [-0.2, -0.15) is 0 Å². The number of nitrogens with zero attached hydrogens (tertiary/aromatic N) is 1. The van der Waals surface area contributed by atoms with Gasteiger partial charge in [0.1, 0.15) is 11.2 Å². The van der Waals surface area contributed by atoms with E-state index in [1.54, 1.807) is 25.3 Å². The molecule has 2 aromatic rings. The molecule has 2 heterocycles. The van der Waals surface area contributed by atoms with Gasteiger partial charge in [0.05, 0.1) is 29.4 Å². The molecule has 0 saturated carbocycles. The van der Waals surface area contributed by atoms with Gasteiger partial charge in [-0.1, -0.05) is 17.7 Å². The number of carbonyl (C=O) groups excluding carboxylic acids is 1. The maximum atomic E-state index is 13.4. The number of aryl methyl sites for hydroxylation is 1. The van der Waals surface area contributed by atoms with Crippen molar-refractivity contribution in [1.82, 2.24) is 9.88 Å². The first kappa shape index (κ1) is 22.6. The number of methoxy groups -OCH3 is 1. The molecular weight excluding hydrogens is 432 g/mol. The smallest absolute Gasteiger partial charge is 0.335 e. The quantitative estimate of drug-likeness (QED) is 0.714. The first-order chi connectivity index (χ1) is 15.0. The van der Waals surface area contributed by atoms with Crippen LogP contribution in [0.1, 0.15) is 57.1 Å². The number of aromatic nitrogens is 1. The van der Waals surface area contributed by atoms with Gasteiger partial charge >= 0.3 is 5.97 Å². The first-order valence-electron chi connectivity index (χ1n) is 10.4. The maximum absolute atomic E-state index is 13.4. The summed E-state index contributed by atoms with van der Waals surface area (Å²) >= 11 is 6.67. The van der Waals surface area contributed by atoms with Crippen molar-refractivity contribution in [2.45, 2.75) is 38.3 Å². The van der Waals surface area contributed by atoms with E-state index in [1.807, 2.05) is 38.5 Å². The number of aromatic carboxylic acids is 1. The second-order valence-electron chi connectivity index (χ2n) is 8.86. The molecule has 1 aromatic heterocycles. The van der Waals surface area contributed by atoms with E-state index in [9.17, 15) is 14.7 Å². The summed E-state index contributed by atoms with van der Waals surface area (Å²) in [5.41, 5.74) is 3.82. The molecule has 170 valence electrons. The van der Waals surface area contributed by atoms with E-state index in [-0.39, 0.29) is 11.5 Å². The van der Waals surface area contributed by atoms with E-state index in [1.165, 1.54) is 0 Å². The van der Waals surface area contributed by atoms with Crippen LogP contribution in [-0.2, 0) is 28.5 Å². The van der Waals surface area contributed by atoms with Gasteiger partial charge < -0.3 is 24.5 Å². The molecule has 1 unspecified atom stereocenters. The predicted molar refractivity (Wildman–Crippen MR) is 121 cm³/mol. The summed E-state index contributed by atoms with van der Waals surface area (Å²) in [7, 11) is 3.51. The standard InChI is InChI=1S/C24H27ClN2O5/c1-13-8-15(22(29)30)6-7-17(13)24(11-32-12-24)26-21(28)18-9-16-19(27(18)4)10-23(3,31-5)14(2)20(16)25/h6-9H,10-12H2,1-5H3,(H,26,28)(H,29,30). The van der Waals surface area contributed by atoms with Crippen molar-refractivity contribution < 1.29 is 24.2 Å². The Morgan fingerprint density at radius 1 is 1.25 bits per heavy atom. The largest absolute Gasteiger partial charge is 0.478 e. The minimum Gasteiger partial charge on any atom is -0.478 e. The molecule has 2 N–H and O–H groups in total. The molecular formula is C24H27ClN2O5. The molecule has 4 rings (SSSR count). The minimum absolute atomic E-state index is 0.209. The normalized spacial score (nSPS) is 21.7. The molecule has 32 heavy (non-hydrogen) atoms. The number of carboxylic acids is 1. The number of carboxylic acid groups (broad SMARTS) is 1. The lowest BCUT2D eigenvalue weighted by Gasteiger charge is -2.43. The molecule has 7 nitrogen and oxygen atoms in total. The summed E-state index contributed by atoms with van der Waals surface area (Å²) in [6.07, 6.45) is 0.606. The van der Waals surface area contributed by atoms with E-state index in [0.29, 0.717) is 30.4 Å². The highest BCUT2D eigenvalue weighted by molar-refractivity contribution is 6.49. The maximum Gasteiger partial charge on any atom is 0.335 e. The highest BCUT2D eigenvalue weighted by Gasteiger charge is 2.44. The van der Waals surface area contributed by atoms with Gasteiger partial charge in [0.25, 0.3) is 5.91 Å². The van der Waals surface area contributed by atoms with Crippen LogP contribution in [0.25, 0.3) is 5.03 Å². The Morgan fingerprint density at radius 3 is 2.47 bits per heavy atom. The topological polar surface area (TPSA) is 89.8 Å². The number of halogens is 1. The summed E-state index contributed by atoms with van der Waals surface area (Å²) < 4.78 is 13.1.